The summed E-state index contributed by atoms with van der Waals surface area (Å²) in [5, 5.41) is 16.6. The molecule has 0 radical (unpaired) electrons. The lowest BCUT2D eigenvalue weighted by Gasteiger charge is -2.31. The zero-order valence-electron chi connectivity index (χ0n) is 21.8. The fraction of sp³-hybridized carbons (Fsp3) is 0.440. The summed E-state index contributed by atoms with van der Waals surface area (Å²) in [4.78, 5) is 39.5. The smallest absolute Gasteiger partial charge is 0.416 e. The highest BCUT2D eigenvalue weighted by molar-refractivity contribution is 7.19. The van der Waals surface area contributed by atoms with Crippen molar-refractivity contribution in [2.75, 3.05) is 26.8 Å². The first-order chi connectivity index (χ1) is 19.0. The van der Waals surface area contributed by atoms with Crippen LogP contribution in [0.2, 0.25) is 4.34 Å². The number of ether oxygens (including phenoxy) is 1. The standard InChI is InChI=1S/C25H29ClF3N5O5S/c1-3-4-11-32(24(37)38)18(16-7-5-6-8-17(16)25(27,28)29)14-30-21(35)15-34-23(36)33(12-13-39-2)22(31-34)19-9-10-20(26)40-19/h5-10,18H,3-4,11-15H2,1-2H3,(H,30,35)(H,37,38). The van der Waals surface area contributed by atoms with E-state index in [2.05, 4.69) is 10.4 Å². The van der Waals surface area contributed by atoms with E-state index in [0.717, 1.165) is 15.6 Å². The van der Waals surface area contributed by atoms with Gasteiger partial charge in [0.05, 0.1) is 34.0 Å². The fourth-order valence-electron chi connectivity index (χ4n) is 4.09. The van der Waals surface area contributed by atoms with Crippen molar-refractivity contribution >= 4 is 34.9 Å². The van der Waals surface area contributed by atoms with Gasteiger partial charge in [0, 0.05) is 20.2 Å². The van der Waals surface area contributed by atoms with E-state index in [-0.39, 0.29) is 31.1 Å². The molecule has 1 aromatic carbocycles. The van der Waals surface area contributed by atoms with Crippen molar-refractivity contribution in [2.24, 2.45) is 0 Å². The maximum absolute atomic E-state index is 13.8. The predicted molar refractivity (Wildman–Crippen MR) is 144 cm³/mol. The number of carbonyl (C=O) groups excluding carboxylic acids is 1. The van der Waals surface area contributed by atoms with Crippen LogP contribution in [0.25, 0.3) is 10.7 Å². The fourth-order valence-corrected chi connectivity index (χ4v) is 5.13. The van der Waals surface area contributed by atoms with E-state index in [1.54, 1.807) is 12.1 Å². The van der Waals surface area contributed by atoms with Crippen LogP contribution >= 0.6 is 22.9 Å². The number of nitrogens with one attached hydrogen (secondary N) is 1. The number of aromatic nitrogens is 3. The average molecular weight is 604 g/mol. The van der Waals surface area contributed by atoms with Crippen molar-refractivity contribution in [3.8, 4) is 10.7 Å². The van der Waals surface area contributed by atoms with E-state index in [1.807, 2.05) is 6.92 Å². The van der Waals surface area contributed by atoms with Gasteiger partial charge in [0.2, 0.25) is 5.91 Å². The highest BCUT2D eigenvalue weighted by Gasteiger charge is 2.37. The van der Waals surface area contributed by atoms with E-state index >= 15 is 0 Å². The Bertz CT molecular complexity index is 1370. The Balaban J connectivity index is 1.89. The maximum atomic E-state index is 13.8. The summed E-state index contributed by atoms with van der Waals surface area (Å²) in [7, 11) is 1.47. The highest BCUT2D eigenvalue weighted by atomic mass is 35.5. The lowest BCUT2D eigenvalue weighted by molar-refractivity contribution is -0.138. The van der Waals surface area contributed by atoms with Crippen LogP contribution < -0.4 is 11.0 Å². The van der Waals surface area contributed by atoms with Crippen molar-refractivity contribution in [3.63, 3.8) is 0 Å². The monoisotopic (exact) mass is 603 g/mol. The molecule has 10 nitrogen and oxygen atoms in total. The molecule has 218 valence electrons. The molecule has 0 spiro atoms. The summed E-state index contributed by atoms with van der Waals surface area (Å²) in [5.41, 5.74) is -1.88. The van der Waals surface area contributed by atoms with Gasteiger partial charge in [-0.05, 0) is 30.2 Å². The normalized spacial score (nSPS) is 12.3. The van der Waals surface area contributed by atoms with Crippen LogP contribution in [0.1, 0.15) is 36.9 Å². The second-order valence-corrected chi connectivity index (χ2v) is 10.5. The molecule has 15 heteroatoms. The minimum atomic E-state index is -4.74. The zero-order valence-corrected chi connectivity index (χ0v) is 23.4. The molecule has 2 aromatic heterocycles. The van der Waals surface area contributed by atoms with Crippen LogP contribution in [0, 0.1) is 0 Å². The third kappa shape index (κ3) is 7.64. The first kappa shape index (κ1) is 31.2. The van der Waals surface area contributed by atoms with Gasteiger partial charge < -0.3 is 15.2 Å². The van der Waals surface area contributed by atoms with Crippen molar-refractivity contribution in [3.05, 3.63) is 62.3 Å². The van der Waals surface area contributed by atoms with Gasteiger partial charge in [-0.1, -0.05) is 43.1 Å². The number of hydrogen-bond acceptors (Lipinski definition) is 6. The Labute approximate surface area is 236 Å². The average Bonchev–Trinajstić information content (AvgIpc) is 3.46. The number of nitrogens with zero attached hydrogens (tertiary/aromatic N) is 4. The molecule has 0 fully saturated rings. The van der Waals surface area contributed by atoms with Crippen molar-refractivity contribution in [1.82, 2.24) is 24.6 Å². The van der Waals surface area contributed by atoms with Gasteiger partial charge in [0.15, 0.2) is 5.82 Å². The van der Waals surface area contributed by atoms with Crippen LogP contribution in [0.3, 0.4) is 0 Å². The minimum Gasteiger partial charge on any atom is -0.465 e. The topological polar surface area (TPSA) is 119 Å². The van der Waals surface area contributed by atoms with E-state index in [1.165, 1.54) is 41.2 Å². The Morgan fingerprint density at radius 2 is 1.98 bits per heavy atom. The number of rotatable bonds is 13. The number of halogens is 4. The molecule has 0 aliphatic carbocycles. The van der Waals surface area contributed by atoms with Crippen LogP contribution in [0.5, 0.6) is 0 Å². The van der Waals surface area contributed by atoms with E-state index in [9.17, 15) is 32.7 Å². The van der Waals surface area contributed by atoms with Crippen LogP contribution in [0.4, 0.5) is 18.0 Å². The second-order valence-electron chi connectivity index (χ2n) is 8.75. The molecule has 0 saturated heterocycles. The van der Waals surface area contributed by atoms with E-state index in [4.69, 9.17) is 16.3 Å². The Kier molecular flexibility index (Phi) is 10.8. The number of hydrogen-bond donors (Lipinski definition) is 2. The van der Waals surface area contributed by atoms with Gasteiger partial charge in [-0.2, -0.15) is 13.2 Å². The lowest BCUT2D eigenvalue weighted by Crippen LogP contribution is -2.43. The molecule has 40 heavy (non-hydrogen) atoms. The maximum Gasteiger partial charge on any atom is 0.416 e. The number of amides is 2. The Morgan fingerprint density at radius 1 is 1.25 bits per heavy atom. The zero-order chi connectivity index (χ0) is 29.4. The number of benzene rings is 1. The molecule has 0 saturated carbocycles. The number of carbonyl (C=O) groups is 2. The van der Waals surface area contributed by atoms with Crippen LogP contribution in [-0.4, -0.2) is 63.2 Å². The van der Waals surface area contributed by atoms with Crippen molar-refractivity contribution < 1.29 is 32.6 Å². The summed E-state index contributed by atoms with van der Waals surface area (Å²) in [6.07, 6.45) is -5.14. The molecule has 1 atom stereocenters. The lowest BCUT2D eigenvalue weighted by atomic mass is 9.98. The quantitative estimate of drug-likeness (QED) is 0.292. The third-order valence-electron chi connectivity index (χ3n) is 6.02. The summed E-state index contributed by atoms with van der Waals surface area (Å²) in [6, 6.07) is 6.65. The van der Waals surface area contributed by atoms with Gasteiger partial charge in [0.1, 0.15) is 6.54 Å². The van der Waals surface area contributed by atoms with Gasteiger partial charge in [-0.15, -0.1) is 16.4 Å². The number of methoxy groups -OCH3 is 1. The minimum absolute atomic E-state index is 0.0331. The third-order valence-corrected chi connectivity index (χ3v) is 7.25. The van der Waals surface area contributed by atoms with Gasteiger partial charge >= 0.3 is 18.0 Å². The second kappa shape index (κ2) is 13.8. The molecule has 0 bridgehead atoms. The van der Waals surface area contributed by atoms with Gasteiger partial charge in [-0.3, -0.25) is 14.3 Å². The Hall–Kier alpha value is -3.36. The summed E-state index contributed by atoms with van der Waals surface area (Å²) < 4.78 is 49.2. The summed E-state index contributed by atoms with van der Waals surface area (Å²) >= 11 is 7.22. The molecule has 2 amide bonds. The molecular formula is C25H29ClF3N5O5S. The molecule has 1 unspecified atom stereocenters. The molecular weight excluding hydrogens is 575 g/mol. The van der Waals surface area contributed by atoms with Crippen LogP contribution in [-0.2, 0) is 28.8 Å². The molecule has 2 heterocycles. The van der Waals surface area contributed by atoms with Gasteiger partial charge in [-0.25, -0.2) is 14.3 Å². The van der Waals surface area contributed by atoms with Crippen LogP contribution in [0.15, 0.2) is 41.2 Å². The number of thiophene rings is 1. The Morgan fingerprint density at radius 3 is 2.58 bits per heavy atom. The van der Waals surface area contributed by atoms with Crippen molar-refractivity contribution in [1.29, 1.82) is 0 Å². The molecule has 2 N–H and O–H groups in total. The number of alkyl halides is 3. The summed E-state index contributed by atoms with van der Waals surface area (Å²) in [6.45, 7) is 1.15. The first-order valence-electron chi connectivity index (χ1n) is 12.3. The first-order valence-corrected chi connectivity index (χ1v) is 13.5. The summed E-state index contributed by atoms with van der Waals surface area (Å²) in [5.74, 6) is -0.454. The van der Waals surface area contributed by atoms with E-state index < -0.39 is 48.6 Å². The molecule has 0 aliphatic rings. The van der Waals surface area contributed by atoms with Gasteiger partial charge in [0.25, 0.3) is 0 Å². The largest absolute Gasteiger partial charge is 0.465 e. The van der Waals surface area contributed by atoms with Crippen molar-refractivity contribution in [2.45, 2.75) is 45.1 Å². The molecule has 0 aliphatic heterocycles. The molecule has 3 rings (SSSR count). The number of unbranched alkanes of at least 4 members (excludes halogenated alkanes) is 1. The SMILES string of the molecule is CCCCN(C(=O)O)C(CNC(=O)Cn1nc(-c2ccc(Cl)s2)n(CCOC)c1=O)c1ccccc1C(F)(F)F. The highest BCUT2D eigenvalue weighted by Crippen LogP contribution is 2.36. The number of carboxylic acid groups (broad SMARTS) is 1. The van der Waals surface area contributed by atoms with E-state index in [0.29, 0.717) is 22.1 Å². The molecule has 3 aromatic rings. The predicted octanol–water partition coefficient (Wildman–Crippen LogP) is 4.73.